The lowest BCUT2D eigenvalue weighted by atomic mass is 9.83. The number of fused-ring (bicyclic) bond motifs is 8. The van der Waals surface area contributed by atoms with Crippen LogP contribution in [0.2, 0.25) is 0 Å². The Morgan fingerprint density at radius 3 is 1.71 bits per heavy atom. The van der Waals surface area contributed by atoms with Gasteiger partial charge in [-0.3, -0.25) is 19.8 Å². The van der Waals surface area contributed by atoms with Crippen LogP contribution in [-0.2, 0) is 6.42 Å². The van der Waals surface area contributed by atoms with Crippen LogP contribution >= 0.6 is 0 Å². The van der Waals surface area contributed by atoms with E-state index in [2.05, 4.69) is 60.1 Å². The van der Waals surface area contributed by atoms with Crippen molar-refractivity contribution in [3.8, 4) is 58.4 Å². The first-order chi connectivity index (χ1) is 38.3. The Labute approximate surface area is 454 Å². The van der Waals surface area contributed by atoms with E-state index in [1.807, 2.05) is 19.2 Å². The highest BCUT2D eigenvalue weighted by Gasteiger charge is 2.40. The summed E-state index contributed by atoms with van der Waals surface area (Å²) in [5.74, 6) is 2.22. The molecule has 79 heavy (non-hydrogen) atoms. The third-order valence-electron chi connectivity index (χ3n) is 17.7. The maximum absolute atomic E-state index is 17.5. The number of hydrogen-bond donors (Lipinski definition) is 4. The van der Waals surface area contributed by atoms with Gasteiger partial charge in [-0.05, 0) is 111 Å². The summed E-state index contributed by atoms with van der Waals surface area (Å²) < 4.78 is 62.8. The first-order valence-electron chi connectivity index (χ1n) is 27.4. The van der Waals surface area contributed by atoms with Gasteiger partial charge in [-0.1, -0.05) is 31.0 Å². The molecule has 4 N–H and O–H groups in total. The van der Waals surface area contributed by atoms with Crippen molar-refractivity contribution in [1.82, 2.24) is 50.3 Å². The third kappa shape index (κ3) is 8.71. The number of ether oxygens (including phenoxy) is 2. The van der Waals surface area contributed by atoms with Gasteiger partial charge in [-0.15, -0.1) is 6.42 Å². The van der Waals surface area contributed by atoms with Gasteiger partial charge in [0.25, 0.3) is 0 Å². The number of terminal acetylenes is 1. The lowest BCUT2D eigenvalue weighted by Crippen LogP contribution is -2.57. The molecule has 4 unspecified atom stereocenters. The number of benzene rings is 4. The molecule has 0 spiro atoms. The second kappa shape index (κ2) is 19.3. The molecule has 0 radical (unpaired) electrons. The van der Waals surface area contributed by atoms with E-state index < -0.39 is 17.5 Å². The van der Waals surface area contributed by atoms with E-state index in [0.717, 1.165) is 44.3 Å². The molecule has 0 amide bonds. The molecule has 16 nitrogen and oxygen atoms in total. The predicted molar refractivity (Wildman–Crippen MR) is 296 cm³/mol. The van der Waals surface area contributed by atoms with E-state index in [4.69, 9.17) is 35.8 Å². The maximum atomic E-state index is 17.5. The van der Waals surface area contributed by atoms with Gasteiger partial charge in [0.15, 0.2) is 11.6 Å². The highest BCUT2D eigenvalue weighted by atomic mass is 19.1. The number of halogens is 3. The highest BCUT2D eigenvalue weighted by Crippen LogP contribution is 2.42. The van der Waals surface area contributed by atoms with Crippen molar-refractivity contribution >= 4 is 55.0 Å². The quantitative estimate of drug-likeness (QED) is 0.0882. The van der Waals surface area contributed by atoms with Crippen molar-refractivity contribution in [2.45, 2.75) is 75.3 Å². The number of likely N-dealkylation sites (tertiary alicyclic amines) is 2. The molecular weight excluding hydrogens is 1010 g/mol. The van der Waals surface area contributed by atoms with E-state index in [9.17, 15) is 10.2 Å². The summed E-state index contributed by atoms with van der Waals surface area (Å²) in [6, 6.07) is 15.6. The van der Waals surface area contributed by atoms with Crippen LogP contribution < -0.4 is 29.9 Å². The largest absolute Gasteiger partial charge is 0.508 e. The molecule has 6 aliphatic rings. The monoisotopic (exact) mass is 1070 g/mol. The number of anilines is 2. The molecule has 6 aliphatic heterocycles. The average molecular weight is 1070 g/mol. The maximum Gasteiger partial charge on any atom is 0.319 e. The number of hydrogen-bond acceptors (Lipinski definition) is 16. The summed E-state index contributed by atoms with van der Waals surface area (Å²) in [4.78, 5) is 37.2. The number of rotatable bonds is 12. The Kier molecular flexibility index (Phi) is 12.1. The standard InChI is InChI=1S/C60H59F3N12O4/c1-5-32-13-31(14-34-17-41(77)18-42(49(32)34)53-51(62)55-44(20-64-53)57(74-24-36-9-10-37(25-74)66-36)70-59(68-55)78-28-47-30(2)22-72(47)3)15-35-23-73(4)48(35)29-79-60-69-56-45(58(71-60)75-26-38-11-12-39(27-75)67-38)21-65-54(52(56)63)43-19-40(76)16-33-7-6-8-46(61)50(33)43/h1,6-8,13-14,16-21,30,35-39,47-48,66-67,76-77H,9-12,15,22-29H2,2-4H3/t30-,35-,36?,37?,38?,39?,47-,48-/m1/s1. The summed E-state index contributed by atoms with van der Waals surface area (Å²) in [5, 5.41) is 31.9. The number of phenolic OH excluding ortho intramolecular Hbond substituents is 2. The van der Waals surface area contributed by atoms with Gasteiger partial charge >= 0.3 is 12.0 Å². The van der Waals surface area contributed by atoms with Gasteiger partial charge < -0.3 is 40.1 Å². The minimum absolute atomic E-state index is 0.00342. The molecule has 8 aromatic rings. The molecule has 10 heterocycles. The second-order valence-corrected chi connectivity index (χ2v) is 22.9. The highest BCUT2D eigenvalue weighted by molar-refractivity contribution is 6.04. The molecule has 19 heteroatoms. The Bertz CT molecular complexity index is 3810. The molecule has 6 fully saturated rings. The van der Waals surface area contributed by atoms with Crippen molar-refractivity contribution < 1.29 is 32.9 Å². The third-order valence-corrected chi connectivity index (χ3v) is 17.7. The number of pyridine rings is 2. The lowest BCUT2D eigenvalue weighted by Gasteiger charge is -2.45. The van der Waals surface area contributed by atoms with Crippen LogP contribution in [0.3, 0.4) is 0 Å². The van der Waals surface area contributed by atoms with Crippen LogP contribution in [0.1, 0.15) is 43.7 Å². The summed E-state index contributed by atoms with van der Waals surface area (Å²) >= 11 is 0. The first kappa shape index (κ1) is 49.6. The molecule has 4 bridgehead atoms. The minimum Gasteiger partial charge on any atom is -0.508 e. The summed E-state index contributed by atoms with van der Waals surface area (Å²) in [6.07, 6.45) is 14.2. The Morgan fingerprint density at radius 1 is 0.646 bits per heavy atom. The SMILES string of the molecule is C#Cc1cc(C[C@@H]2CN(C)[C@@H]2COc2nc(N3CC4CCC(C3)N4)c3cnc(-c4cc(O)cc5cccc(F)c45)c(F)c3n2)cc2cc(O)cc(-c3ncc4c(N5CC6CCC(C5)N6)nc(OC[C@@H]5[C@H](C)CN5C)nc4c3F)c12. The molecular formula is C60H59F3N12O4. The molecule has 6 saturated heterocycles. The fourth-order valence-electron chi connectivity index (χ4n) is 13.7. The number of aromatic hydroxyl groups is 2. The van der Waals surface area contributed by atoms with Crippen LogP contribution in [-0.4, -0.2) is 153 Å². The van der Waals surface area contributed by atoms with Gasteiger partial charge in [0.1, 0.15) is 64.6 Å². The van der Waals surface area contributed by atoms with Crippen LogP contribution in [0.4, 0.5) is 24.8 Å². The summed E-state index contributed by atoms with van der Waals surface area (Å²) in [6.45, 7) is 7.18. The van der Waals surface area contributed by atoms with Crippen molar-refractivity contribution in [3.63, 3.8) is 0 Å². The zero-order valence-electron chi connectivity index (χ0n) is 44.1. The average Bonchev–Trinajstić information content (AvgIpc) is 4.08. The van der Waals surface area contributed by atoms with Crippen molar-refractivity contribution in [1.29, 1.82) is 0 Å². The number of nitrogens with one attached hydrogen (secondary N) is 2. The molecule has 8 atom stereocenters. The van der Waals surface area contributed by atoms with Gasteiger partial charge in [0.2, 0.25) is 0 Å². The van der Waals surface area contributed by atoms with Gasteiger partial charge in [0.05, 0.1) is 10.8 Å². The number of aromatic nitrogens is 6. The number of piperazine rings is 2. The lowest BCUT2D eigenvalue weighted by molar-refractivity contribution is 0.00636. The van der Waals surface area contributed by atoms with Gasteiger partial charge in [0, 0.05) is 115 Å². The minimum atomic E-state index is -0.784. The van der Waals surface area contributed by atoms with Crippen molar-refractivity contribution in [2.24, 2.45) is 11.8 Å². The van der Waals surface area contributed by atoms with Gasteiger partial charge in [-0.25, -0.2) is 13.2 Å². The molecule has 0 aliphatic carbocycles. The van der Waals surface area contributed by atoms with Crippen LogP contribution in [0.25, 0.3) is 65.9 Å². The fraction of sp³-hybridized carbons (Fsp3) is 0.400. The Hall–Kier alpha value is -7.63. The predicted octanol–water partition coefficient (Wildman–Crippen LogP) is 7.58. The van der Waals surface area contributed by atoms with Gasteiger partial charge in [-0.2, -0.15) is 19.9 Å². The van der Waals surface area contributed by atoms with Crippen molar-refractivity contribution in [2.75, 3.05) is 76.4 Å². The first-order valence-corrected chi connectivity index (χ1v) is 27.4. The topological polar surface area (TPSA) is 173 Å². The van der Waals surface area contributed by atoms with E-state index in [1.165, 1.54) is 36.5 Å². The van der Waals surface area contributed by atoms with Crippen LogP contribution in [0.5, 0.6) is 23.5 Å². The van der Waals surface area contributed by atoms with Crippen LogP contribution in [0, 0.1) is 41.6 Å². The molecule has 4 aromatic heterocycles. The number of phenols is 2. The summed E-state index contributed by atoms with van der Waals surface area (Å²) in [5.41, 5.74) is 1.76. The van der Waals surface area contributed by atoms with E-state index >= 15 is 13.2 Å². The number of likely N-dealkylation sites (N-methyl/N-ethyl adjacent to an activating group) is 2. The summed E-state index contributed by atoms with van der Waals surface area (Å²) in [7, 11) is 4.07. The van der Waals surface area contributed by atoms with Crippen molar-refractivity contribution in [3.05, 3.63) is 95.6 Å². The number of nitrogens with zero attached hydrogens (tertiary/aromatic N) is 10. The molecule has 4 aromatic carbocycles. The zero-order chi connectivity index (χ0) is 54.0. The zero-order valence-corrected chi connectivity index (χ0v) is 44.1. The molecule has 14 rings (SSSR count). The van der Waals surface area contributed by atoms with E-state index in [0.29, 0.717) is 107 Å². The second-order valence-electron chi connectivity index (χ2n) is 22.9. The van der Waals surface area contributed by atoms with Crippen LogP contribution in [0.15, 0.2) is 67.0 Å². The van der Waals surface area contributed by atoms with E-state index in [-0.39, 0.29) is 93.6 Å². The smallest absolute Gasteiger partial charge is 0.319 e. The molecule has 404 valence electrons. The Morgan fingerprint density at radius 2 is 1.18 bits per heavy atom. The Balaban J connectivity index is 0.768. The van der Waals surface area contributed by atoms with E-state index in [1.54, 1.807) is 18.3 Å². The molecule has 0 saturated carbocycles. The fourth-order valence-corrected chi connectivity index (χ4v) is 13.7. The normalized spacial score (nSPS) is 24.8.